The third kappa shape index (κ3) is 5.13. The minimum Gasteiger partial charge on any atom is -0.479 e. The van der Waals surface area contributed by atoms with Crippen LogP contribution in [0.3, 0.4) is 0 Å². The van der Waals surface area contributed by atoms with Crippen molar-refractivity contribution in [1.29, 1.82) is 5.26 Å². The number of hydrogen-bond donors (Lipinski definition) is 1. The van der Waals surface area contributed by atoms with Crippen LogP contribution in [0.2, 0.25) is 0 Å². The number of ether oxygens (including phenoxy) is 1. The second kappa shape index (κ2) is 7.77. The molecule has 5 nitrogen and oxygen atoms in total. The van der Waals surface area contributed by atoms with Crippen molar-refractivity contribution in [1.82, 2.24) is 0 Å². The monoisotopic (exact) mass is 384 g/mol. The van der Waals surface area contributed by atoms with Gasteiger partial charge >= 0.3 is 12.1 Å². The zero-order chi connectivity index (χ0) is 20.4. The van der Waals surface area contributed by atoms with E-state index < -0.39 is 34.8 Å². The van der Waals surface area contributed by atoms with E-state index in [1.807, 2.05) is 0 Å². The van der Waals surface area contributed by atoms with E-state index in [1.165, 1.54) is 12.1 Å². The van der Waals surface area contributed by atoms with Gasteiger partial charge in [-0.3, -0.25) is 0 Å². The molecular weight excluding hydrogens is 361 g/mol. The van der Waals surface area contributed by atoms with Crippen molar-refractivity contribution >= 4 is 11.7 Å². The molecule has 0 aromatic heterocycles. The maximum Gasteiger partial charge on any atom is 0.417 e. The summed E-state index contributed by atoms with van der Waals surface area (Å²) in [6.45, 7) is 6.26. The zero-order valence-corrected chi connectivity index (χ0v) is 15.5. The first kappa shape index (κ1) is 21.0. The quantitative estimate of drug-likeness (QED) is 0.847. The Morgan fingerprint density at radius 2 is 1.89 bits per heavy atom. The van der Waals surface area contributed by atoms with Gasteiger partial charge < -0.3 is 14.7 Å². The van der Waals surface area contributed by atoms with Crippen LogP contribution >= 0.6 is 0 Å². The number of carboxylic acids is 1. The Morgan fingerprint density at radius 3 is 2.33 bits per heavy atom. The fourth-order valence-corrected chi connectivity index (χ4v) is 3.14. The van der Waals surface area contributed by atoms with E-state index in [2.05, 4.69) is 0 Å². The van der Waals surface area contributed by atoms with Crippen molar-refractivity contribution in [2.24, 2.45) is 5.41 Å². The maximum absolute atomic E-state index is 13.1. The highest BCUT2D eigenvalue weighted by Gasteiger charge is 2.36. The molecule has 1 heterocycles. The molecule has 0 aliphatic carbocycles. The summed E-state index contributed by atoms with van der Waals surface area (Å²) < 4.78 is 45.2. The molecule has 0 radical (unpaired) electrons. The van der Waals surface area contributed by atoms with E-state index in [4.69, 9.17) is 10.00 Å². The molecule has 1 aliphatic rings. The maximum atomic E-state index is 13.1. The summed E-state index contributed by atoms with van der Waals surface area (Å²) >= 11 is 0. The van der Waals surface area contributed by atoms with Crippen molar-refractivity contribution in [3.8, 4) is 6.07 Å². The fraction of sp³-hybridized carbons (Fsp3) is 0.579. The Labute approximate surface area is 156 Å². The molecule has 1 aliphatic heterocycles. The number of carboxylic acid groups (broad SMARTS) is 1. The zero-order valence-electron chi connectivity index (χ0n) is 15.5. The summed E-state index contributed by atoms with van der Waals surface area (Å²) in [5.74, 6) is -1.02. The highest BCUT2D eigenvalue weighted by atomic mass is 19.4. The number of anilines is 1. The minimum atomic E-state index is -4.59. The van der Waals surface area contributed by atoms with Crippen LogP contribution in [-0.4, -0.2) is 36.4 Å². The van der Waals surface area contributed by atoms with E-state index in [1.54, 1.807) is 31.7 Å². The summed E-state index contributed by atoms with van der Waals surface area (Å²) in [4.78, 5) is 13.2. The van der Waals surface area contributed by atoms with Gasteiger partial charge in [0.25, 0.3) is 0 Å². The summed E-state index contributed by atoms with van der Waals surface area (Å²) in [5, 5.41) is 18.2. The van der Waals surface area contributed by atoms with E-state index in [0.717, 1.165) is 6.07 Å². The van der Waals surface area contributed by atoms with Crippen LogP contribution < -0.4 is 4.90 Å². The third-order valence-electron chi connectivity index (χ3n) is 4.58. The first-order valence-electron chi connectivity index (χ1n) is 8.68. The Morgan fingerprint density at radius 1 is 1.30 bits per heavy atom. The van der Waals surface area contributed by atoms with Crippen LogP contribution in [-0.2, 0) is 15.7 Å². The summed E-state index contributed by atoms with van der Waals surface area (Å²) in [7, 11) is 0. The van der Waals surface area contributed by atoms with Crippen molar-refractivity contribution < 1.29 is 27.8 Å². The summed E-state index contributed by atoms with van der Waals surface area (Å²) in [6.07, 6.45) is -4.77. The predicted molar refractivity (Wildman–Crippen MR) is 93.4 cm³/mol. The molecule has 1 fully saturated rings. The smallest absolute Gasteiger partial charge is 0.417 e. The number of rotatable bonds is 4. The van der Waals surface area contributed by atoms with Crippen LogP contribution in [0.15, 0.2) is 18.2 Å². The van der Waals surface area contributed by atoms with Crippen LogP contribution in [0.25, 0.3) is 0 Å². The molecule has 1 aromatic rings. The minimum absolute atomic E-state index is 0.262. The molecule has 1 unspecified atom stereocenters. The average molecular weight is 384 g/mol. The standard InChI is InChI=1S/C19H23F3N2O3/c1-18(2,3)16(17(25)26)27-14-6-8-24(9-7-14)13-5-4-12(11-23)15(10-13)19(20,21)22/h4-5,10,14,16H,6-9H2,1-3H3,(H,25,26). The van der Waals surface area contributed by atoms with Crippen molar-refractivity contribution in [3.63, 3.8) is 0 Å². The van der Waals surface area contributed by atoms with Gasteiger partial charge in [-0.1, -0.05) is 20.8 Å². The molecular formula is C19H23F3N2O3. The number of hydrogen-bond acceptors (Lipinski definition) is 4. The first-order chi connectivity index (χ1) is 12.4. The highest BCUT2D eigenvalue weighted by molar-refractivity contribution is 5.73. The number of alkyl halides is 3. The molecule has 2 rings (SSSR count). The lowest BCUT2D eigenvalue weighted by molar-refractivity contribution is -0.165. The van der Waals surface area contributed by atoms with Crippen molar-refractivity contribution in [3.05, 3.63) is 29.3 Å². The van der Waals surface area contributed by atoms with Gasteiger partial charge in [0.2, 0.25) is 0 Å². The lowest BCUT2D eigenvalue weighted by atomic mass is 9.88. The Hall–Kier alpha value is -2.27. The van der Waals surface area contributed by atoms with Crippen molar-refractivity contribution in [2.75, 3.05) is 18.0 Å². The summed E-state index contributed by atoms with van der Waals surface area (Å²) in [5.41, 5.74) is -1.51. The Kier molecular flexibility index (Phi) is 6.05. The number of carbonyl (C=O) groups is 1. The van der Waals surface area contributed by atoms with Crippen LogP contribution in [0, 0.1) is 16.7 Å². The molecule has 27 heavy (non-hydrogen) atoms. The molecule has 0 bridgehead atoms. The molecule has 8 heteroatoms. The number of aliphatic carboxylic acids is 1. The lowest BCUT2D eigenvalue weighted by Gasteiger charge is -2.37. The Balaban J connectivity index is 2.08. The van der Waals surface area contributed by atoms with Gasteiger partial charge in [0, 0.05) is 18.8 Å². The van der Waals surface area contributed by atoms with Gasteiger partial charge in [0.15, 0.2) is 6.10 Å². The van der Waals surface area contributed by atoms with Gasteiger partial charge in [0.05, 0.1) is 23.3 Å². The van der Waals surface area contributed by atoms with Gasteiger partial charge in [-0.25, -0.2) is 4.79 Å². The molecule has 1 aromatic carbocycles. The molecule has 0 saturated carbocycles. The van der Waals surface area contributed by atoms with E-state index in [-0.39, 0.29) is 6.10 Å². The highest BCUT2D eigenvalue weighted by Crippen LogP contribution is 2.35. The molecule has 1 N–H and O–H groups in total. The molecule has 1 saturated heterocycles. The van der Waals surface area contributed by atoms with Crippen LogP contribution in [0.4, 0.5) is 18.9 Å². The second-order valence-electron chi connectivity index (χ2n) is 7.75. The van der Waals surface area contributed by atoms with Gasteiger partial charge in [0.1, 0.15) is 0 Å². The van der Waals surface area contributed by atoms with Crippen LogP contribution in [0.1, 0.15) is 44.7 Å². The predicted octanol–water partition coefficient (Wildman–Crippen LogP) is 4.06. The largest absolute Gasteiger partial charge is 0.479 e. The number of nitrogens with zero attached hydrogens (tertiary/aromatic N) is 2. The van der Waals surface area contributed by atoms with Gasteiger partial charge in [-0.15, -0.1) is 0 Å². The number of piperidine rings is 1. The summed E-state index contributed by atoms with van der Waals surface area (Å²) in [6, 6.07) is 5.25. The van der Waals surface area contributed by atoms with E-state index in [0.29, 0.717) is 31.6 Å². The SMILES string of the molecule is CC(C)(C)C(OC1CCN(c2ccc(C#N)c(C(F)(F)F)c2)CC1)C(=O)O. The van der Waals surface area contributed by atoms with E-state index >= 15 is 0 Å². The van der Waals surface area contributed by atoms with E-state index in [9.17, 15) is 23.1 Å². The fourth-order valence-electron chi connectivity index (χ4n) is 3.14. The number of halogens is 3. The average Bonchev–Trinajstić information content (AvgIpc) is 2.57. The lowest BCUT2D eigenvalue weighted by Crippen LogP contribution is -2.44. The molecule has 1 atom stereocenters. The second-order valence-corrected chi connectivity index (χ2v) is 7.75. The number of benzene rings is 1. The Bertz CT molecular complexity index is 727. The molecule has 148 valence electrons. The van der Waals surface area contributed by atoms with Crippen molar-refractivity contribution in [2.45, 2.75) is 52.0 Å². The molecule has 0 amide bonds. The normalized spacial score (nSPS) is 17.4. The topological polar surface area (TPSA) is 73.6 Å². The molecule has 0 spiro atoms. The van der Waals surface area contributed by atoms with Gasteiger partial charge in [-0.2, -0.15) is 18.4 Å². The first-order valence-corrected chi connectivity index (χ1v) is 8.68. The van der Waals surface area contributed by atoms with Crippen LogP contribution in [0.5, 0.6) is 0 Å². The third-order valence-corrected chi connectivity index (χ3v) is 4.58. The van der Waals surface area contributed by atoms with Gasteiger partial charge in [-0.05, 0) is 36.5 Å². The number of nitriles is 1.